The van der Waals surface area contributed by atoms with Crippen molar-refractivity contribution in [2.45, 2.75) is 12.8 Å². The van der Waals surface area contributed by atoms with Gasteiger partial charge in [0.2, 0.25) is 0 Å². The summed E-state index contributed by atoms with van der Waals surface area (Å²) >= 11 is 3.48. The lowest BCUT2D eigenvalue weighted by atomic mass is 10.0. The largest absolute Gasteiger partial charge is 0.496 e. The molecule has 0 N–H and O–H groups in total. The van der Waals surface area contributed by atoms with Crippen molar-refractivity contribution in [2.75, 3.05) is 14.2 Å². The molecule has 0 saturated heterocycles. The lowest BCUT2D eigenvalue weighted by Gasteiger charge is -2.14. The zero-order valence-electron chi connectivity index (χ0n) is 11.4. The number of benzene rings is 2. The van der Waals surface area contributed by atoms with Gasteiger partial charge in [0.25, 0.3) is 0 Å². The van der Waals surface area contributed by atoms with Crippen molar-refractivity contribution >= 4 is 15.9 Å². The molecule has 0 radical (unpaired) electrons. The molecule has 104 valence electrons. The van der Waals surface area contributed by atoms with E-state index >= 15 is 0 Å². The molecule has 1 aliphatic heterocycles. The third kappa shape index (κ3) is 2.36. The Bertz CT molecular complexity index is 652. The van der Waals surface area contributed by atoms with Crippen molar-refractivity contribution in [1.82, 2.24) is 0 Å². The van der Waals surface area contributed by atoms with Crippen molar-refractivity contribution in [3.05, 3.63) is 45.9 Å². The van der Waals surface area contributed by atoms with Gasteiger partial charge in [-0.3, -0.25) is 0 Å². The standard InChI is InChI=1S/C16H15BrO3/c1-18-12-8-15(19-2)13-6-4-10-3-5-11(17)7-14(10)20-16(13)9-12/h3,5,7-9H,4,6H2,1-2H3. The van der Waals surface area contributed by atoms with Crippen molar-refractivity contribution in [3.63, 3.8) is 0 Å². The number of aryl methyl sites for hydroxylation is 1. The molecule has 0 amide bonds. The van der Waals surface area contributed by atoms with Crippen LogP contribution in [0.3, 0.4) is 0 Å². The second-order valence-electron chi connectivity index (χ2n) is 4.66. The lowest BCUT2D eigenvalue weighted by molar-refractivity contribution is 0.383. The number of ether oxygens (including phenoxy) is 3. The van der Waals surface area contributed by atoms with Crippen LogP contribution in [0.4, 0.5) is 0 Å². The summed E-state index contributed by atoms with van der Waals surface area (Å²) in [5.41, 5.74) is 2.28. The van der Waals surface area contributed by atoms with Crippen LogP contribution in [0.15, 0.2) is 34.8 Å². The molecule has 0 aromatic heterocycles. The first-order valence-electron chi connectivity index (χ1n) is 6.42. The zero-order chi connectivity index (χ0) is 14.1. The Balaban J connectivity index is 2.11. The summed E-state index contributed by atoms with van der Waals surface area (Å²) < 4.78 is 17.9. The summed E-state index contributed by atoms with van der Waals surface area (Å²) in [6, 6.07) is 9.93. The van der Waals surface area contributed by atoms with Gasteiger partial charge < -0.3 is 14.2 Å². The molecule has 2 aromatic rings. The van der Waals surface area contributed by atoms with Gasteiger partial charge in [-0.25, -0.2) is 0 Å². The molecular weight excluding hydrogens is 320 g/mol. The van der Waals surface area contributed by atoms with Crippen LogP contribution in [0.2, 0.25) is 0 Å². The Morgan fingerprint density at radius 3 is 2.60 bits per heavy atom. The van der Waals surface area contributed by atoms with Crippen LogP contribution in [0.1, 0.15) is 11.1 Å². The minimum absolute atomic E-state index is 0.735. The molecule has 0 bridgehead atoms. The second kappa shape index (κ2) is 5.37. The minimum atomic E-state index is 0.735. The van der Waals surface area contributed by atoms with E-state index in [0.29, 0.717) is 0 Å². The van der Waals surface area contributed by atoms with Gasteiger partial charge in [0.1, 0.15) is 23.0 Å². The van der Waals surface area contributed by atoms with Gasteiger partial charge in [-0.15, -0.1) is 0 Å². The van der Waals surface area contributed by atoms with E-state index < -0.39 is 0 Å². The highest BCUT2D eigenvalue weighted by molar-refractivity contribution is 9.10. The van der Waals surface area contributed by atoms with Gasteiger partial charge in [0.05, 0.1) is 14.2 Å². The number of rotatable bonds is 2. The molecule has 0 atom stereocenters. The third-order valence-electron chi connectivity index (χ3n) is 3.49. The average Bonchev–Trinajstić information content (AvgIpc) is 2.64. The van der Waals surface area contributed by atoms with E-state index in [9.17, 15) is 0 Å². The van der Waals surface area contributed by atoms with Gasteiger partial charge in [-0.1, -0.05) is 22.0 Å². The van der Waals surface area contributed by atoms with Crippen LogP contribution in [0.25, 0.3) is 0 Å². The molecule has 3 nitrogen and oxygen atoms in total. The third-order valence-corrected chi connectivity index (χ3v) is 3.98. The summed E-state index contributed by atoms with van der Waals surface area (Å²) in [4.78, 5) is 0. The highest BCUT2D eigenvalue weighted by Gasteiger charge is 2.19. The second-order valence-corrected chi connectivity index (χ2v) is 5.58. The van der Waals surface area contributed by atoms with E-state index in [1.54, 1.807) is 14.2 Å². The van der Waals surface area contributed by atoms with Gasteiger partial charge in [-0.2, -0.15) is 0 Å². The number of halogens is 1. The topological polar surface area (TPSA) is 27.7 Å². The van der Waals surface area contributed by atoms with E-state index in [2.05, 4.69) is 22.0 Å². The Morgan fingerprint density at radius 1 is 1.00 bits per heavy atom. The molecule has 0 fully saturated rings. The maximum atomic E-state index is 6.08. The molecule has 1 aliphatic rings. The van der Waals surface area contributed by atoms with Crippen LogP contribution in [-0.4, -0.2) is 14.2 Å². The van der Waals surface area contributed by atoms with Crippen molar-refractivity contribution < 1.29 is 14.2 Å². The molecule has 20 heavy (non-hydrogen) atoms. The fourth-order valence-electron chi connectivity index (χ4n) is 2.44. The number of hydrogen-bond acceptors (Lipinski definition) is 3. The number of hydrogen-bond donors (Lipinski definition) is 0. The Labute approximate surface area is 126 Å². The molecule has 1 heterocycles. The quantitative estimate of drug-likeness (QED) is 0.816. The molecule has 0 spiro atoms. The Kier molecular flexibility index (Phi) is 3.57. The van der Waals surface area contributed by atoms with E-state index in [0.717, 1.165) is 45.9 Å². The predicted molar refractivity (Wildman–Crippen MR) is 81.2 cm³/mol. The fraction of sp³-hybridized carbons (Fsp3) is 0.250. The zero-order valence-corrected chi connectivity index (χ0v) is 13.0. The normalized spacial score (nSPS) is 12.8. The van der Waals surface area contributed by atoms with Crippen molar-refractivity contribution in [3.8, 4) is 23.0 Å². The van der Waals surface area contributed by atoms with E-state index in [1.807, 2.05) is 24.3 Å². The monoisotopic (exact) mass is 334 g/mol. The minimum Gasteiger partial charge on any atom is -0.496 e. The van der Waals surface area contributed by atoms with Crippen LogP contribution >= 0.6 is 15.9 Å². The smallest absolute Gasteiger partial charge is 0.138 e. The van der Waals surface area contributed by atoms with Crippen LogP contribution in [0, 0.1) is 0 Å². The van der Waals surface area contributed by atoms with Gasteiger partial charge in [0, 0.05) is 22.2 Å². The summed E-state index contributed by atoms with van der Waals surface area (Å²) in [6.07, 6.45) is 1.81. The first-order valence-corrected chi connectivity index (χ1v) is 7.21. The Morgan fingerprint density at radius 2 is 1.85 bits per heavy atom. The molecule has 0 unspecified atom stereocenters. The number of methoxy groups -OCH3 is 2. The van der Waals surface area contributed by atoms with Crippen LogP contribution in [0.5, 0.6) is 23.0 Å². The molecule has 4 heteroatoms. The number of fused-ring (bicyclic) bond motifs is 2. The van der Waals surface area contributed by atoms with E-state index in [4.69, 9.17) is 14.2 Å². The fourth-order valence-corrected chi connectivity index (χ4v) is 2.78. The lowest BCUT2D eigenvalue weighted by Crippen LogP contribution is -1.96. The predicted octanol–water partition coefficient (Wildman–Crippen LogP) is 4.36. The maximum Gasteiger partial charge on any atom is 0.138 e. The summed E-state index contributed by atoms with van der Waals surface area (Å²) in [5.74, 6) is 3.23. The van der Waals surface area contributed by atoms with E-state index in [1.165, 1.54) is 5.56 Å². The average molecular weight is 335 g/mol. The maximum absolute atomic E-state index is 6.08. The highest BCUT2D eigenvalue weighted by atomic mass is 79.9. The molecule has 2 aromatic carbocycles. The summed E-state index contributed by atoms with van der Waals surface area (Å²) in [7, 11) is 3.31. The first kappa shape index (κ1) is 13.3. The first-order chi connectivity index (χ1) is 9.71. The molecule has 3 rings (SSSR count). The van der Waals surface area contributed by atoms with Gasteiger partial charge >= 0.3 is 0 Å². The molecule has 0 saturated carbocycles. The van der Waals surface area contributed by atoms with Crippen molar-refractivity contribution in [1.29, 1.82) is 0 Å². The molecular formula is C16H15BrO3. The molecule has 0 aliphatic carbocycles. The summed E-state index contributed by atoms with van der Waals surface area (Å²) in [5, 5.41) is 0. The highest BCUT2D eigenvalue weighted by Crippen LogP contribution is 2.41. The van der Waals surface area contributed by atoms with E-state index in [-0.39, 0.29) is 0 Å². The van der Waals surface area contributed by atoms with Crippen LogP contribution in [-0.2, 0) is 12.8 Å². The van der Waals surface area contributed by atoms with Crippen molar-refractivity contribution in [2.24, 2.45) is 0 Å². The Hall–Kier alpha value is -1.68. The summed E-state index contributed by atoms with van der Waals surface area (Å²) in [6.45, 7) is 0. The van der Waals surface area contributed by atoms with Gasteiger partial charge in [0.15, 0.2) is 0 Å². The van der Waals surface area contributed by atoms with Crippen LogP contribution < -0.4 is 14.2 Å². The van der Waals surface area contributed by atoms with Gasteiger partial charge in [-0.05, 0) is 30.5 Å². The SMILES string of the molecule is COc1cc(OC)c2c(c1)Oc1cc(Br)ccc1CC2.